The van der Waals surface area contributed by atoms with Crippen molar-refractivity contribution in [3.8, 4) is 0 Å². The predicted molar refractivity (Wildman–Crippen MR) is 95.2 cm³/mol. The fourth-order valence-electron chi connectivity index (χ4n) is 3.29. The van der Waals surface area contributed by atoms with Crippen LogP contribution in [0.4, 0.5) is 0 Å². The molecule has 1 aromatic carbocycles. The largest absolute Gasteiger partial charge is 0.334 e. The van der Waals surface area contributed by atoms with Gasteiger partial charge in [-0.15, -0.1) is 11.3 Å². The summed E-state index contributed by atoms with van der Waals surface area (Å²) >= 11 is 1.64. The summed E-state index contributed by atoms with van der Waals surface area (Å²) in [6.07, 6.45) is 3.07. The van der Waals surface area contributed by atoms with Gasteiger partial charge in [0.25, 0.3) is 5.91 Å². The monoisotopic (exact) mass is 340 g/mol. The lowest BCUT2D eigenvalue weighted by molar-refractivity contribution is 0.0777. The van der Waals surface area contributed by atoms with E-state index >= 15 is 0 Å². The van der Waals surface area contributed by atoms with E-state index in [9.17, 15) is 4.79 Å². The molecule has 0 unspecified atom stereocenters. The number of H-pyrrole nitrogens is 1. The summed E-state index contributed by atoms with van der Waals surface area (Å²) in [5.74, 6) is 0.581. The summed E-state index contributed by atoms with van der Waals surface area (Å²) in [6, 6.07) is 8.06. The van der Waals surface area contributed by atoms with Gasteiger partial charge in [0.05, 0.1) is 16.8 Å². The van der Waals surface area contributed by atoms with Crippen LogP contribution in [0.25, 0.3) is 10.2 Å². The number of thiazole rings is 1. The average molecular weight is 340 g/mol. The fourth-order valence-corrected chi connectivity index (χ4v) is 4.31. The molecule has 2 aromatic heterocycles. The molecule has 0 fully saturated rings. The summed E-state index contributed by atoms with van der Waals surface area (Å²) in [5, 5.41) is 8.31. The van der Waals surface area contributed by atoms with Gasteiger partial charge in [-0.3, -0.25) is 9.89 Å². The van der Waals surface area contributed by atoms with Gasteiger partial charge >= 0.3 is 0 Å². The first-order valence-corrected chi connectivity index (χ1v) is 9.09. The summed E-state index contributed by atoms with van der Waals surface area (Å²) in [6.45, 7) is 2.74. The van der Waals surface area contributed by atoms with Gasteiger partial charge in [-0.1, -0.05) is 19.1 Å². The quantitative estimate of drug-likeness (QED) is 0.795. The Hall–Kier alpha value is -2.21. The SMILES string of the molecule is C[C@H]1CCc2[nH]nc(C(=O)N(C)Cc3nc4ccccc4s3)c2C1. The van der Waals surface area contributed by atoms with E-state index in [1.165, 1.54) is 0 Å². The second-order valence-corrected chi connectivity index (χ2v) is 7.73. The Morgan fingerprint density at radius 1 is 1.42 bits per heavy atom. The van der Waals surface area contributed by atoms with Crippen molar-refractivity contribution in [2.75, 3.05) is 7.05 Å². The fraction of sp³-hybridized carbons (Fsp3) is 0.389. The maximum Gasteiger partial charge on any atom is 0.274 e. The molecule has 0 aliphatic heterocycles. The van der Waals surface area contributed by atoms with Crippen LogP contribution in [0.2, 0.25) is 0 Å². The second kappa shape index (κ2) is 6.02. The number of fused-ring (bicyclic) bond motifs is 2. The molecular weight excluding hydrogens is 320 g/mol. The number of amides is 1. The predicted octanol–water partition coefficient (Wildman–Crippen LogP) is 3.42. The van der Waals surface area contributed by atoms with Gasteiger partial charge in [-0.05, 0) is 37.3 Å². The van der Waals surface area contributed by atoms with Crippen LogP contribution in [0.15, 0.2) is 24.3 Å². The van der Waals surface area contributed by atoms with Gasteiger partial charge in [0, 0.05) is 18.3 Å². The van der Waals surface area contributed by atoms with Gasteiger partial charge in [-0.2, -0.15) is 5.10 Å². The van der Waals surface area contributed by atoms with Crippen LogP contribution < -0.4 is 0 Å². The van der Waals surface area contributed by atoms with E-state index in [1.807, 2.05) is 25.2 Å². The molecule has 1 aliphatic rings. The highest BCUT2D eigenvalue weighted by atomic mass is 32.1. The zero-order chi connectivity index (χ0) is 16.7. The molecule has 1 atom stereocenters. The molecule has 0 saturated carbocycles. The Morgan fingerprint density at radius 3 is 3.08 bits per heavy atom. The van der Waals surface area contributed by atoms with Crippen LogP contribution in [0.3, 0.4) is 0 Å². The van der Waals surface area contributed by atoms with E-state index < -0.39 is 0 Å². The molecule has 5 nitrogen and oxygen atoms in total. The Bertz CT molecular complexity index is 864. The van der Waals surface area contributed by atoms with Gasteiger partial charge in [0.1, 0.15) is 5.01 Å². The highest BCUT2D eigenvalue weighted by molar-refractivity contribution is 7.18. The van der Waals surface area contributed by atoms with E-state index in [1.54, 1.807) is 16.2 Å². The molecule has 3 aromatic rings. The number of carbonyl (C=O) groups excluding carboxylic acids is 1. The number of rotatable bonds is 3. The van der Waals surface area contributed by atoms with Gasteiger partial charge in [0.15, 0.2) is 5.69 Å². The molecule has 0 spiro atoms. The highest BCUT2D eigenvalue weighted by Gasteiger charge is 2.26. The number of benzene rings is 1. The van der Waals surface area contributed by atoms with E-state index in [-0.39, 0.29) is 5.91 Å². The Labute approximate surface area is 144 Å². The van der Waals surface area contributed by atoms with Crippen molar-refractivity contribution in [2.24, 2.45) is 5.92 Å². The minimum atomic E-state index is -0.0270. The van der Waals surface area contributed by atoms with Crippen LogP contribution in [0.1, 0.15) is 40.1 Å². The topological polar surface area (TPSA) is 61.9 Å². The number of nitrogens with one attached hydrogen (secondary N) is 1. The summed E-state index contributed by atoms with van der Waals surface area (Å²) in [5.41, 5.74) is 3.81. The van der Waals surface area contributed by atoms with E-state index in [4.69, 9.17) is 0 Å². The Morgan fingerprint density at radius 2 is 2.25 bits per heavy atom. The van der Waals surface area contributed by atoms with Crippen LogP contribution in [0.5, 0.6) is 0 Å². The molecule has 2 heterocycles. The molecule has 1 aliphatic carbocycles. The molecular formula is C18H20N4OS. The minimum Gasteiger partial charge on any atom is -0.334 e. The van der Waals surface area contributed by atoms with Crippen molar-refractivity contribution in [1.82, 2.24) is 20.1 Å². The number of carbonyl (C=O) groups is 1. The summed E-state index contributed by atoms with van der Waals surface area (Å²) in [4.78, 5) is 19.2. The molecule has 0 radical (unpaired) electrons. The Balaban J connectivity index is 1.55. The molecule has 6 heteroatoms. The van der Waals surface area contributed by atoms with Crippen LogP contribution in [0, 0.1) is 5.92 Å². The van der Waals surface area contributed by atoms with E-state index in [2.05, 4.69) is 28.2 Å². The zero-order valence-electron chi connectivity index (χ0n) is 13.9. The van der Waals surface area contributed by atoms with Gasteiger partial charge in [-0.25, -0.2) is 4.98 Å². The van der Waals surface area contributed by atoms with E-state index in [0.717, 1.165) is 45.7 Å². The second-order valence-electron chi connectivity index (χ2n) is 6.61. The first kappa shape index (κ1) is 15.3. The third-order valence-corrected chi connectivity index (χ3v) is 5.67. The third kappa shape index (κ3) is 2.71. The van der Waals surface area contributed by atoms with Crippen molar-refractivity contribution in [1.29, 1.82) is 0 Å². The lowest BCUT2D eigenvalue weighted by atomic mass is 9.87. The van der Waals surface area contributed by atoms with Crippen molar-refractivity contribution in [2.45, 2.75) is 32.7 Å². The molecule has 124 valence electrons. The summed E-state index contributed by atoms with van der Waals surface area (Å²) < 4.78 is 1.15. The molecule has 0 bridgehead atoms. The smallest absolute Gasteiger partial charge is 0.274 e. The zero-order valence-corrected chi connectivity index (χ0v) is 14.7. The number of hydrogen-bond donors (Lipinski definition) is 1. The van der Waals surface area contributed by atoms with Gasteiger partial charge in [0.2, 0.25) is 0 Å². The van der Waals surface area contributed by atoms with E-state index in [0.29, 0.717) is 18.2 Å². The van der Waals surface area contributed by atoms with Crippen LogP contribution in [-0.4, -0.2) is 33.0 Å². The third-order valence-electron chi connectivity index (χ3n) is 4.65. The highest BCUT2D eigenvalue weighted by Crippen LogP contribution is 2.27. The number of aromatic amines is 1. The van der Waals surface area contributed by atoms with Crippen molar-refractivity contribution < 1.29 is 4.79 Å². The molecule has 1 amide bonds. The molecule has 1 N–H and O–H groups in total. The first-order chi connectivity index (χ1) is 11.6. The lowest BCUT2D eigenvalue weighted by Crippen LogP contribution is -2.28. The molecule has 0 saturated heterocycles. The maximum absolute atomic E-state index is 12.8. The normalized spacial score (nSPS) is 17.0. The standard InChI is InChI=1S/C18H20N4OS/c1-11-7-8-13-12(9-11)17(21-20-13)18(23)22(2)10-16-19-14-5-3-4-6-15(14)24-16/h3-6,11H,7-10H2,1-2H3,(H,20,21)/t11-/m0/s1. The number of hydrogen-bond acceptors (Lipinski definition) is 4. The Kier molecular flexibility index (Phi) is 3.84. The first-order valence-electron chi connectivity index (χ1n) is 8.28. The number of nitrogens with zero attached hydrogens (tertiary/aromatic N) is 3. The van der Waals surface area contributed by atoms with Crippen molar-refractivity contribution in [3.63, 3.8) is 0 Å². The molecule has 24 heavy (non-hydrogen) atoms. The average Bonchev–Trinajstić information content (AvgIpc) is 3.16. The van der Waals surface area contributed by atoms with Gasteiger partial charge < -0.3 is 4.90 Å². The lowest BCUT2D eigenvalue weighted by Gasteiger charge is -2.20. The summed E-state index contributed by atoms with van der Waals surface area (Å²) in [7, 11) is 1.82. The maximum atomic E-state index is 12.8. The number of para-hydroxylation sites is 1. The number of aromatic nitrogens is 3. The van der Waals surface area contributed by atoms with Crippen LogP contribution in [-0.2, 0) is 19.4 Å². The van der Waals surface area contributed by atoms with Crippen molar-refractivity contribution in [3.05, 3.63) is 46.2 Å². The van der Waals surface area contributed by atoms with Crippen molar-refractivity contribution >= 4 is 27.5 Å². The number of aryl methyl sites for hydroxylation is 1. The van der Waals surface area contributed by atoms with Crippen LogP contribution >= 0.6 is 11.3 Å². The molecule has 4 rings (SSSR count). The minimum absolute atomic E-state index is 0.0270.